The average molecular weight is 183 g/mol. The van der Waals surface area contributed by atoms with Crippen LogP contribution in [0.5, 0.6) is 0 Å². The maximum atomic E-state index is 12.6. The Labute approximate surface area is 65.9 Å². The van der Waals surface area contributed by atoms with Gasteiger partial charge < -0.3 is 10.8 Å². The minimum atomic E-state index is -3.79. The second-order valence-electron chi connectivity index (χ2n) is 2.53. The van der Waals surface area contributed by atoms with Crippen molar-refractivity contribution in [1.82, 2.24) is 0 Å². The number of thioether (sulfide) groups is 1. The molecule has 0 bridgehead atoms. The topological polar surface area (TPSA) is 63.3 Å². The van der Waals surface area contributed by atoms with Gasteiger partial charge in [-0.05, 0) is 0 Å². The fourth-order valence-electron chi connectivity index (χ4n) is 0.716. The smallest absolute Gasteiger partial charge is 0.376 e. The molecule has 0 aromatic heterocycles. The van der Waals surface area contributed by atoms with Crippen LogP contribution in [-0.2, 0) is 4.79 Å². The number of halogens is 2. The number of nitrogens with two attached hydrogens (primary N) is 1. The van der Waals surface area contributed by atoms with Gasteiger partial charge in [0.15, 0.2) is 0 Å². The predicted molar refractivity (Wildman–Crippen MR) is 36.8 cm³/mol. The van der Waals surface area contributed by atoms with Crippen LogP contribution in [0.4, 0.5) is 8.78 Å². The molecule has 1 aliphatic heterocycles. The first kappa shape index (κ1) is 8.73. The standard InChI is InChI=1S/C5H7F2NO2S/c6-5(7,3(9)10)4(8)1-11-2-4/h1-2,8H2,(H,9,10). The summed E-state index contributed by atoms with van der Waals surface area (Å²) in [6.45, 7) is 0. The molecule has 1 aliphatic rings. The molecule has 11 heavy (non-hydrogen) atoms. The Bertz CT molecular complexity index is 193. The van der Waals surface area contributed by atoms with Crippen molar-refractivity contribution in [2.24, 2.45) is 5.73 Å². The highest BCUT2D eigenvalue weighted by Gasteiger charge is 2.60. The van der Waals surface area contributed by atoms with Crippen LogP contribution in [-0.4, -0.2) is 34.0 Å². The number of hydrogen-bond acceptors (Lipinski definition) is 3. The zero-order valence-corrected chi connectivity index (χ0v) is 6.33. The summed E-state index contributed by atoms with van der Waals surface area (Å²) in [5, 5.41) is 8.10. The van der Waals surface area contributed by atoms with Crippen LogP contribution < -0.4 is 5.73 Å². The molecule has 0 amide bonds. The summed E-state index contributed by atoms with van der Waals surface area (Å²) in [6.07, 6.45) is 0. The number of rotatable bonds is 2. The highest BCUT2D eigenvalue weighted by Crippen LogP contribution is 2.39. The average Bonchev–Trinajstić information content (AvgIpc) is 1.82. The number of carboxylic acids is 1. The Hall–Kier alpha value is -0.360. The van der Waals surface area contributed by atoms with E-state index in [1.165, 1.54) is 11.8 Å². The van der Waals surface area contributed by atoms with Crippen LogP contribution in [0, 0.1) is 0 Å². The summed E-state index contributed by atoms with van der Waals surface area (Å²) < 4.78 is 25.3. The van der Waals surface area contributed by atoms with Gasteiger partial charge in [-0.25, -0.2) is 4.79 Å². The molecule has 0 spiro atoms. The molecular formula is C5H7F2NO2S. The summed E-state index contributed by atoms with van der Waals surface area (Å²) in [6, 6.07) is 0. The van der Waals surface area contributed by atoms with Crippen LogP contribution in [0.3, 0.4) is 0 Å². The minimum absolute atomic E-state index is 0.00625. The zero-order valence-electron chi connectivity index (χ0n) is 5.51. The third-order valence-electron chi connectivity index (χ3n) is 1.61. The second kappa shape index (κ2) is 2.31. The molecule has 0 aromatic rings. The lowest BCUT2D eigenvalue weighted by atomic mass is 9.96. The lowest BCUT2D eigenvalue weighted by Gasteiger charge is -2.40. The van der Waals surface area contributed by atoms with Gasteiger partial charge in [-0.15, -0.1) is 0 Å². The molecule has 3 N–H and O–H groups in total. The number of hydrogen-bond donors (Lipinski definition) is 2. The van der Waals surface area contributed by atoms with Crippen molar-refractivity contribution in [3.05, 3.63) is 0 Å². The lowest BCUT2D eigenvalue weighted by molar-refractivity contribution is -0.173. The molecule has 0 aliphatic carbocycles. The van der Waals surface area contributed by atoms with Gasteiger partial charge in [0.05, 0.1) is 0 Å². The van der Waals surface area contributed by atoms with Crippen LogP contribution >= 0.6 is 11.8 Å². The number of alkyl halides is 2. The van der Waals surface area contributed by atoms with Crippen LogP contribution in [0.2, 0.25) is 0 Å². The number of carbonyl (C=O) groups is 1. The van der Waals surface area contributed by atoms with E-state index in [2.05, 4.69) is 0 Å². The quantitative estimate of drug-likeness (QED) is 0.639. The maximum Gasteiger partial charge on any atom is 0.376 e. The van der Waals surface area contributed by atoms with E-state index in [1.54, 1.807) is 0 Å². The van der Waals surface area contributed by atoms with Crippen molar-refractivity contribution >= 4 is 17.7 Å². The monoisotopic (exact) mass is 183 g/mol. The first-order valence-electron chi connectivity index (χ1n) is 2.88. The number of aliphatic carboxylic acids is 1. The molecule has 6 heteroatoms. The van der Waals surface area contributed by atoms with Crippen LogP contribution in [0.15, 0.2) is 0 Å². The first-order valence-corrected chi connectivity index (χ1v) is 4.03. The van der Waals surface area contributed by atoms with E-state index in [9.17, 15) is 13.6 Å². The fraction of sp³-hybridized carbons (Fsp3) is 0.800. The molecular weight excluding hydrogens is 176 g/mol. The van der Waals surface area contributed by atoms with Crippen molar-refractivity contribution < 1.29 is 18.7 Å². The summed E-state index contributed by atoms with van der Waals surface area (Å²) in [5.74, 6) is -5.92. The third-order valence-corrected chi connectivity index (χ3v) is 3.05. The lowest BCUT2D eigenvalue weighted by Crippen LogP contribution is -2.67. The molecule has 0 saturated carbocycles. The fourth-order valence-corrected chi connectivity index (χ4v) is 1.72. The van der Waals surface area contributed by atoms with Crippen LogP contribution in [0.25, 0.3) is 0 Å². The van der Waals surface area contributed by atoms with Gasteiger partial charge in [-0.2, -0.15) is 20.5 Å². The van der Waals surface area contributed by atoms with Crippen molar-refractivity contribution in [1.29, 1.82) is 0 Å². The Kier molecular flexibility index (Phi) is 1.84. The second-order valence-corrected chi connectivity index (χ2v) is 3.51. The summed E-state index contributed by atoms with van der Waals surface area (Å²) in [5.41, 5.74) is 3.30. The normalized spacial score (nSPS) is 22.5. The Morgan fingerprint density at radius 1 is 1.64 bits per heavy atom. The molecule has 1 saturated heterocycles. The molecule has 1 fully saturated rings. The first-order chi connectivity index (χ1) is 4.90. The Balaban J connectivity index is 2.78. The Morgan fingerprint density at radius 3 is 2.18 bits per heavy atom. The highest BCUT2D eigenvalue weighted by molar-refractivity contribution is 8.00. The van der Waals surface area contributed by atoms with E-state index in [0.29, 0.717) is 0 Å². The van der Waals surface area contributed by atoms with E-state index in [0.717, 1.165) is 0 Å². The molecule has 0 radical (unpaired) electrons. The molecule has 64 valence electrons. The summed E-state index contributed by atoms with van der Waals surface area (Å²) in [4.78, 5) is 10.0. The molecule has 0 aromatic carbocycles. The van der Waals surface area contributed by atoms with E-state index >= 15 is 0 Å². The highest BCUT2D eigenvalue weighted by atomic mass is 32.2. The SMILES string of the molecule is NC1(C(F)(F)C(=O)O)CSC1. The third kappa shape index (κ3) is 1.10. The van der Waals surface area contributed by atoms with E-state index in [4.69, 9.17) is 10.8 Å². The minimum Gasteiger partial charge on any atom is -0.477 e. The van der Waals surface area contributed by atoms with Crippen molar-refractivity contribution in [3.63, 3.8) is 0 Å². The molecule has 1 heterocycles. The van der Waals surface area contributed by atoms with E-state index in [-0.39, 0.29) is 11.5 Å². The van der Waals surface area contributed by atoms with Crippen LogP contribution in [0.1, 0.15) is 0 Å². The van der Waals surface area contributed by atoms with Gasteiger partial charge in [0.25, 0.3) is 0 Å². The van der Waals surface area contributed by atoms with Gasteiger partial charge in [0.2, 0.25) is 0 Å². The molecule has 1 rings (SSSR count). The Morgan fingerprint density at radius 2 is 2.09 bits per heavy atom. The zero-order chi connectivity index (χ0) is 8.70. The van der Waals surface area contributed by atoms with Crippen molar-refractivity contribution in [3.8, 4) is 0 Å². The number of carboxylic acid groups (broad SMARTS) is 1. The maximum absolute atomic E-state index is 12.6. The van der Waals surface area contributed by atoms with E-state index < -0.39 is 17.4 Å². The predicted octanol–water partition coefficient (Wildman–Crippen LogP) is 0.151. The van der Waals surface area contributed by atoms with Gasteiger partial charge in [-0.3, -0.25) is 0 Å². The summed E-state index contributed by atoms with van der Waals surface area (Å²) in [7, 11) is 0. The van der Waals surface area contributed by atoms with Gasteiger partial charge >= 0.3 is 11.9 Å². The van der Waals surface area contributed by atoms with Gasteiger partial charge in [-0.1, -0.05) is 0 Å². The molecule has 3 nitrogen and oxygen atoms in total. The van der Waals surface area contributed by atoms with Gasteiger partial charge in [0.1, 0.15) is 5.54 Å². The summed E-state index contributed by atoms with van der Waals surface area (Å²) >= 11 is 1.22. The van der Waals surface area contributed by atoms with Gasteiger partial charge in [0, 0.05) is 11.5 Å². The largest absolute Gasteiger partial charge is 0.477 e. The van der Waals surface area contributed by atoms with Crippen molar-refractivity contribution in [2.45, 2.75) is 11.5 Å². The van der Waals surface area contributed by atoms with E-state index in [1.807, 2.05) is 0 Å². The molecule has 0 atom stereocenters. The molecule has 0 unspecified atom stereocenters. The van der Waals surface area contributed by atoms with Crippen molar-refractivity contribution in [2.75, 3.05) is 11.5 Å².